The summed E-state index contributed by atoms with van der Waals surface area (Å²) in [4.78, 5) is 22.0. The molecule has 6 heteroatoms. The molecule has 2 amide bonds. The quantitative estimate of drug-likeness (QED) is 0.617. The minimum absolute atomic E-state index is 0.0685. The summed E-state index contributed by atoms with van der Waals surface area (Å²) in [5, 5.41) is 0. The summed E-state index contributed by atoms with van der Waals surface area (Å²) in [6, 6.07) is 4.50. The standard InChI is InChI=1S/C11H15N3O3/c1-6(10(13)15)5-17-9-4-7(12)2-3-8(9)11(14)16/h2-4,6H,5,12H2,1H3,(H2,13,15)(H2,14,16). The van der Waals surface area contributed by atoms with Crippen LogP contribution >= 0.6 is 0 Å². The Kier molecular flexibility index (Phi) is 3.92. The molecule has 6 N–H and O–H groups in total. The van der Waals surface area contributed by atoms with Gasteiger partial charge < -0.3 is 21.9 Å². The van der Waals surface area contributed by atoms with E-state index in [9.17, 15) is 9.59 Å². The molecule has 0 bridgehead atoms. The summed E-state index contributed by atoms with van der Waals surface area (Å²) in [6.07, 6.45) is 0. The predicted molar refractivity (Wildman–Crippen MR) is 63.2 cm³/mol. The molecule has 1 rings (SSSR count). The Labute approximate surface area is 98.7 Å². The number of benzene rings is 1. The molecule has 92 valence electrons. The first-order chi connectivity index (χ1) is 7.91. The molecule has 0 heterocycles. The van der Waals surface area contributed by atoms with E-state index in [1.165, 1.54) is 12.1 Å². The SMILES string of the molecule is CC(COc1cc(N)ccc1C(N)=O)C(N)=O. The highest BCUT2D eigenvalue weighted by atomic mass is 16.5. The maximum atomic E-state index is 11.1. The van der Waals surface area contributed by atoms with Crippen molar-refractivity contribution in [2.45, 2.75) is 6.92 Å². The summed E-state index contributed by atoms with van der Waals surface area (Å²) >= 11 is 0. The van der Waals surface area contributed by atoms with Crippen LogP contribution < -0.4 is 21.9 Å². The molecule has 0 fully saturated rings. The van der Waals surface area contributed by atoms with Crippen LogP contribution in [0.1, 0.15) is 17.3 Å². The molecule has 0 radical (unpaired) electrons. The highest BCUT2D eigenvalue weighted by Crippen LogP contribution is 2.22. The highest BCUT2D eigenvalue weighted by Gasteiger charge is 2.13. The van der Waals surface area contributed by atoms with E-state index in [1.54, 1.807) is 13.0 Å². The van der Waals surface area contributed by atoms with Gasteiger partial charge in [-0.25, -0.2) is 0 Å². The van der Waals surface area contributed by atoms with Crippen molar-refractivity contribution in [2.24, 2.45) is 17.4 Å². The lowest BCUT2D eigenvalue weighted by Crippen LogP contribution is -2.26. The zero-order valence-corrected chi connectivity index (χ0v) is 9.47. The summed E-state index contributed by atoms with van der Waals surface area (Å²) in [6.45, 7) is 1.69. The van der Waals surface area contributed by atoms with Crippen molar-refractivity contribution in [3.05, 3.63) is 23.8 Å². The molecule has 0 aromatic heterocycles. The lowest BCUT2D eigenvalue weighted by Gasteiger charge is -2.12. The van der Waals surface area contributed by atoms with Crippen molar-refractivity contribution in [3.8, 4) is 5.75 Å². The fourth-order valence-corrected chi connectivity index (χ4v) is 1.16. The lowest BCUT2D eigenvalue weighted by atomic mass is 10.1. The summed E-state index contributed by atoms with van der Waals surface area (Å²) in [5.74, 6) is -1.30. The van der Waals surface area contributed by atoms with Gasteiger partial charge in [-0.3, -0.25) is 9.59 Å². The Bertz CT molecular complexity index is 446. The van der Waals surface area contributed by atoms with Crippen LogP contribution in [-0.4, -0.2) is 18.4 Å². The maximum absolute atomic E-state index is 11.1. The Hall–Kier alpha value is -2.24. The Balaban J connectivity index is 2.85. The van der Waals surface area contributed by atoms with Gasteiger partial charge in [-0.05, 0) is 12.1 Å². The van der Waals surface area contributed by atoms with Gasteiger partial charge in [-0.2, -0.15) is 0 Å². The smallest absolute Gasteiger partial charge is 0.252 e. The number of nitrogens with two attached hydrogens (primary N) is 3. The van der Waals surface area contributed by atoms with Crippen LogP contribution in [0.4, 0.5) is 5.69 Å². The van der Waals surface area contributed by atoms with Crippen molar-refractivity contribution in [1.29, 1.82) is 0 Å². The number of primary amides is 2. The fraction of sp³-hybridized carbons (Fsp3) is 0.273. The average Bonchev–Trinajstić information content (AvgIpc) is 2.25. The molecule has 0 saturated carbocycles. The minimum Gasteiger partial charge on any atom is -0.492 e. The number of carbonyl (C=O) groups excluding carboxylic acids is 2. The molecule has 1 aromatic carbocycles. The fourth-order valence-electron chi connectivity index (χ4n) is 1.16. The lowest BCUT2D eigenvalue weighted by molar-refractivity contribution is -0.122. The van der Waals surface area contributed by atoms with Crippen molar-refractivity contribution >= 4 is 17.5 Å². The van der Waals surface area contributed by atoms with E-state index in [2.05, 4.69) is 0 Å². The van der Waals surface area contributed by atoms with E-state index >= 15 is 0 Å². The summed E-state index contributed by atoms with van der Waals surface area (Å²) in [5.41, 5.74) is 16.5. The van der Waals surface area contributed by atoms with E-state index in [1.807, 2.05) is 0 Å². The van der Waals surface area contributed by atoms with Gasteiger partial charge in [0.25, 0.3) is 5.91 Å². The molecule has 6 nitrogen and oxygen atoms in total. The van der Waals surface area contributed by atoms with E-state index < -0.39 is 17.7 Å². The Morgan fingerprint density at radius 3 is 2.53 bits per heavy atom. The largest absolute Gasteiger partial charge is 0.492 e. The van der Waals surface area contributed by atoms with Crippen molar-refractivity contribution in [1.82, 2.24) is 0 Å². The number of carbonyl (C=O) groups is 2. The van der Waals surface area contributed by atoms with Crippen molar-refractivity contribution in [3.63, 3.8) is 0 Å². The molecule has 0 aliphatic rings. The molecular formula is C11H15N3O3. The van der Waals surface area contributed by atoms with Gasteiger partial charge in [0.15, 0.2) is 0 Å². The van der Waals surface area contributed by atoms with E-state index in [-0.39, 0.29) is 17.9 Å². The summed E-state index contributed by atoms with van der Waals surface area (Å²) in [7, 11) is 0. The Morgan fingerprint density at radius 1 is 1.35 bits per heavy atom. The molecular weight excluding hydrogens is 222 g/mol. The normalized spacial score (nSPS) is 11.8. The number of hydrogen-bond donors (Lipinski definition) is 3. The first kappa shape index (κ1) is 12.8. The van der Waals surface area contributed by atoms with Crippen molar-refractivity contribution in [2.75, 3.05) is 12.3 Å². The minimum atomic E-state index is -0.619. The Morgan fingerprint density at radius 2 is 2.00 bits per heavy atom. The molecule has 0 aliphatic heterocycles. The molecule has 17 heavy (non-hydrogen) atoms. The average molecular weight is 237 g/mol. The van der Waals surface area contributed by atoms with E-state index in [0.717, 1.165) is 0 Å². The number of ether oxygens (including phenoxy) is 1. The first-order valence-corrected chi connectivity index (χ1v) is 5.03. The van der Waals surface area contributed by atoms with Crippen LogP contribution in [0.15, 0.2) is 18.2 Å². The number of anilines is 1. The zero-order valence-electron chi connectivity index (χ0n) is 9.47. The number of rotatable bonds is 5. The molecule has 0 aliphatic carbocycles. The van der Waals surface area contributed by atoms with Gasteiger partial charge in [0, 0.05) is 11.8 Å². The van der Waals surface area contributed by atoms with Gasteiger partial charge in [0.2, 0.25) is 5.91 Å². The zero-order chi connectivity index (χ0) is 13.0. The molecule has 1 unspecified atom stereocenters. The van der Waals surface area contributed by atoms with E-state index in [4.69, 9.17) is 21.9 Å². The van der Waals surface area contributed by atoms with Gasteiger partial charge in [0.05, 0.1) is 18.1 Å². The third-order valence-electron chi connectivity index (χ3n) is 2.25. The van der Waals surface area contributed by atoms with Crippen LogP contribution in [0.3, 0.4) is 0 Å². The molecule has 1 atom stereocenters. The van der Waals surface area contributed by atoms with Crippen LogP contribution in [0.5, 0.6) is 5.75 Å². The predicted octanol–water partition coefficient (Wildman–Crippen LogP) is -0.132. The van der Waals surface area contributed by atoms with Crippen LogP contribution in [0.2, 0.25) is 0 Å². The second-order valence-electron chi connectivity index (χ2n) is 3.73. The molecule has 0 saturated heterocycles. The van der Waals surface area contributed by atoms with Gasteiger partial charge in [-0.15, -0.1) is 0 Å². The molecule has 1 aromatic rings. The maximum Gasteiger partial charge on any atom is 0.252 e. The third-order valence-corrected chi connectivity index (χ3v) is 2.25. The van der Waals surface area contributed by atoms with Crippen LogP contribution in [-0.2, 0) is 4.79 Å². The van der Waals surface area contributed by atoms with Crippen LogP contribution in [0, 0.1) is 5.92 Å². The number of nitrogen functional groups attached to an aromatic ring is 1. The van der Waals surface area contributed by atoms with E-state index in [0.29, 0.717) is 5.69 Å². The van der Waals surface area contributed by atoms with Crippen LogP contribution in [0.25, 0.3) is 0 Å². The summed E-state index contributed by atoms with van der Waals surface area (Å²) < 4.78 is 5.32. The second-order valence-corrected chi connectivity index (χ2v) is 3.73. The van der Waals surface area contributed by atoms with Crippen molar-refractivity contribution < 1.29 is 14.3 Å². The topological polar surface area (TPSA) is 121 Å². The van der Waals surface area contributed by atoms with Gasteiger partial charge in [-0.1, -0.05) is 6.92 Å². The van der Waals surface area contributed by atoms with Gasteiger partial charge >= 0.3 is 0 Å². The first-order valence-electron chi connectivity index (χ1n) is 5.03. The monoisotopic (exact) mass is 237 g/mol. The molecule has 0 spiro atoms. The van der Waals surface area contributed by atoms with Gasteiger partial charge in [0.1, 0.15) is 5.75 Å². The second kappa shape index (κ2) is 5.20. The third kappa shape index (κ3) is 3.37. The number of amides is 2. The highest BCUT2D eigenvalue weighted by molar-refractivity contribution is 5.96. The number of hydrogen-bond acceptors (Lipinski definition) is 4.